The van der Waals surface area contributed by atoms with Crippen molar-refractivity contribution in [1.29, 1.82) is 5.26 Å². The van der Waals surface area contributed by atoms with Gasteiger partial charge in [0.15, 0.2) is 0 Å². The van der Waals surface area contributed by atoms with Crippen LogP contribution in [0.3, 0.4) is 0 Å². The van der Waals surface area contributed by atoms with Crippen LogP contribution in [0, 0.1) is 17.2 Å². The summed E-state index contributed by atoms with van der Waals surface area (Å²) in [5.41, 5.74) is 0.687. The van der Waals surface area contributed by atoms with E-state index in [2.05, 4.69) is 5.32 Å². The van der Waals surface area contributed by atoms with E-state index in [9.17, 15) is 18.0 Å². The molecule has 1 aromatic carbocycles. The van der Waals surface area contributed by atoms with Crippen LogP contribution >= 0.6 is 11.6 Å². The molecule has 0 radical (unpaired) electrons. The van der Waals surface area contributed by atoms with Crippen molar-refractivity contribution in [2.75, 3.05) is 18.4 Å². The van der Waals surface area contributed by atoms with Crippen LogP contribution in [0.2, 0.25) is 5.02 Å². The topological polar surface area (TPSA) is 56.1 Å². The van der Waals surface area contributed by atoms with Crippen LogP contribution in [0.25, 0.3) is 0 Å². The molecule has 24 heavy (non-hydrogen) atoms. The third-order valence-electron chi connectivity index (χ3n) is 4.20. The van der Waals surface area contributed by atoms with Gasteiger partial charge >= 0.3 is 6.18 Å². The molecule has 130 valence electrons. The van der Waals surface area contributed by atoms with Crippen LogP contribution < -0.4 is 5.32 Å². The lowest BCUT2D eigenvalue weighted by atomic mass is 9.96. The van der Waals surface area contributed by atoms with E-state index in [1.165, 1.54) is 18.2 Å². The summed E-state index contributed by atoms with van der Waals surface area (Å²) in [6.45, 7) is 1.86. The molecule has 4 nitrogen and oxygen atoms in total. The van der Waals surface area contributed by atoms with Crippen LogP contribution in [-0.2, 0) is 4.79 Å². The summed E-state index contributed by atoms with van der Waals surface area (Å²) >= 11 is 5.90. The van der Waals surface area contributed by atoms with Crippen molar-refractivity contribution in [3.63, 3.8) is 0 Å². The zero-order valence-electron chi connectivity index (χ0n) is 13.0. The Hall–Kier alpha value is -1.78. The lowest BCUT2D eigenvalue weighted by Crippen LogP contribution is -2.49. The van der Waals surface area contributed by atoms with Crippen LogP contribution in [-0.4, -0.2) is 36.1 Å². The molecule has 2 atom stereocenters. The summed E-state index contributed by atoms with van der Waals surface area (Å²) in [4.78, 5) is 13.8. The highest BCUT2D eigenvalue weighted by Crippen LogP contribution is 2.33. The molecule has 1 fully saturated rings. The molecule has 2 rings (SSSR count). The number of nitrogens with one attached hydrogen (secondary N) is 1. The van der Waals surface area contributed by atoms with Gasteiger partial charge in [-0.1, -0.05) is 11.6 Å². The molecule has 0 unspecified atom stereocenters. The summed E-state index contributed by atoms with van der Waals surface area (Å²) in [5, 5.41) is 11.7. The molecule has 1 saturated heterocycles. The number of amides is 1. The summed E-state index contributed by atoms with van der Waals surface area (Å²) in [6.07, 6.45) is -3.74. The van der Waals surface area contributed by atoms with E-state index >= 15 is 0 Å². The second-order valence-electron chi connectivity index (χ2n) is 5.85. The maximum absolute atomic E-state index is 12.9. The number of rotatable bonds is 3. The minimum Gasteiger partial charge on any atom is -0.325 e. The Bertz CT molecular complexity index is 657. The number of alkyl halides is 3. The lowest BCUT2D eigenvalue weighted by Gasteiger charge is -2.36. The number of carbonyl (C=O) groups excluding carboxylic acids is 1. The first kappa shape index (κ1) is 18.6. The highest BCUT2D eigenvalue weighted by atomic mass is 35.5. The number of piperidine rings is 1. The smallest absolute Gasteiger partial charge is 0.325 e. The standard InChI is InChI=1S/C16H17ClF3N3O/c1-10(23-6-2-3-12(9-23)16(18,19)20)15(24)22-13-5-4-11(8-21)14(17)7-13/h4-5,7,10,12H,2-3,6,9H2,1H3,(H,22,24)/t10-,12+/m0/s1. The minimum absolute atomic E-state index is 0.0968. The summed E-state index contributed by atoms with van der Waals surface area (Å²) in [7, 11) is 0. The predicted octanol–water partition coefficient (Wildman–Crippen LogP) is 3.81. The van der Waals surface area contributed by atoms with Crippen LogP contribution in [0.5, 0.6) is 0 Å². The van der Waals surface area contributed by atoms with Crippen LogP contribution in [0.4, 0.5) is 18.9 Å². The molecule has 1 aliphatic heterocycles. The molecular formula is C16H17ClF3N3O. The molecule has 1 amide bonds. The fourth-order valence-electron chi connectivity index (χ4n) is 2.72. The maximum Gasteiger partial charge on any atom is 0.393 e. The van der Waals surface area contributed by atoms with Gasteiger partial charge in [0.25, 0.3) is 0 Å². The fourth-order valence-corrected chi connectivity index (χ4v) is 2.94. The maximum atomic E-state index is 12.9. The van der Waals surface area contributed by atoms with Gasteiger partial charge in [-0.2, -0.15) is 18.4 Å². The number of likely N-dealkylation sites (tertiary alicyclic amines) is 1. The third-order valence-corrected chi connectivity index (χ3v) is 4.51. The average molecular weight is 360 g/mol. The average Bonchev–Trinajstić information content (AvgIpc) is 2.53. The number of benzene rings is 1. The number of carbonyl (C=O) groups is 1. The van der Waals surface area contributed by atoms with Crippen molar-refractivity contribution in [3.05, 3.63) is 28.8 Å². The molecule has 1 heterocycles. The zero-order chi connectivity index (χ0) is 17.9. The van der Waals surface area contributed by atoms with Gasteiger partial charge < -0.3 is 5.32 Å². The SMILES string of the molecule is C[C@@H](C(=O)Nc1ccc(C#N)c(Cl)c1)N1CCC[C@@H](C(F)(F)F)C1. The van der Waals surface area contributed by atoms with Gasteiger partial charge in [-0.25, -0.2) is 0 Å². The van der Waals surface area contributed by atoms with Gasteiger partial charge in [0.2, 0.25) is 5.91 Å². The van der Waals surface area contributed by atoms with E-state index in [1.807, 2.05) is 6.07 Å². The number of nitrogens with zero attached hydrogens (tertiary/aromatic N) is 2. The van der Waals surface area contributed by atoms with Crippen molar-refractivity contribution < 1.29 is 18.0 Å². The second-order valence-corrected chi connectivity index (χ2v) is 6.25. The molecular weight excluding hydrogens is 343 g/mol. The second kappa shape index (κ2) is 7.41. The van der Waals surface area contributed by atoms with Gasteiger partial charge in [0, 0.05) is 12.2 Å². The van der Waals surface area contributed by atoms with Crippen molar-refractivity contribution in [2.45, 2.75) is 32.0 Å². The molecule has 0 saturated carbocycles. The van der Waals surface area contributed by atoms with Gasteiger partial charge in [-0.15, -0.1) is 0 Å². The van der Waals surface area contributed by atoms with Crippen molar-refractivity contribution in [3.8, 4) is 6.07 Å². The molecule has 1 aliphatic rings. The van der Waals surface area contributed by atoms with E-state index < -0.39 is 24.0 Å². The zero-order valence-corrected chi connectivity index (χ0v) is 13.8. The van der Waals surface area contributed by atoms with E-state index in [0.717, 1.165) is 0 Å². The summed E-state index contributed by atoms with van der Waals surface area (Å²) in [6, 6.07) is 5.67. The van der Waals surface area contributed by atoms with Crippen molar-refractivity contribution in [1.82, 2.24) is 4.90 Å². The molecule has 1 N–H and O–H groups in total. The molecule has 0 aromatic heterocycles. The fraction of sp³-hybridized carbons (Fsp3) is 0.500. The number of halogens is 4. The normalized spacial score (nSPS) is 20.2. The summed E-state index contributed by atoms with van der Waals surface area (Å²) in [5.74, 6) is -1.80. The van der Waals surface area contributed by atoms with E-state index in [0.29, 0.717) is 18.7 Å². The first-order chi connectivity index (χ1) is 11.2. The number of hydrogen-bond donors (Lipinski definition) is 1. The quantitative estimate of drug-likeness (QED) is 0.892. The number of hydrogen-bond acceptors (Lipinski definition) is 3. The Morgan fingerprint density at radius 3 is 2.79 bits per heavy atom. The Morgan fingerprint density at radius 2 is 2.21 bits per heavy atom. The number of anilines is 1. The van der Waals surface area contributed by atoms with Crippen LogP contribution in [0.1, 0.15) is 25.3 Å². The van der Waals surface area contributed by atoms with E-state index in [-0.39, 0.29) is 23.6 Å². The molecule has 0 spiro atoms. The Morgan fingerprint density at radius 1 is 1.50 bits per heavy atom. The van der Waals surface area contributed by atoms with E-state index in [1.54, 1.807) is 11.8 Å². The van der Waals surface area contributed by atoms with Gasteiger partial charge in [-0.3, -0.25) is 9.69 Å². The molecule has 0 aliphatic carbocycles. The number of nitriles is 1. The first-order valence-corrected chi connectivity index (χ1v) is 7.91. The van der Waals surface area contributed by atoms with Gasteiger partial charge in [-0.05, 0) is 44.5 Å². The molecule has 0 bridgehead atoms. The lowest BCUT2D eigenvalue weighted by molar-refractivity contribution is -0.188. The predicted molar refractivity (Wildman–Crippen MR) is 84.6 cm³/mol. The van der Waals surface area contributed by atoms with Crippen molar-refractivity contribution in [2.24, 2.45) is 5.92 Å². The van der Waals surface area contributed by atoms with Gasteiger partial charge in [0.05, 0.1) is 22.5 Å². The molecule has 1 aromatic rings. The highest BCUT2D eigenvalue weighted by molar-refractivity contribution is 6.32. The first-order valence-electron chi connectivity index (χ1n) is 7.53. The molecule has 8 heteroatoms. The summed E-state index contributed by atoms with van der Waals surface area (Å²) < 4.78 is 38.6. The van der Waals surface area contributed by atoms with E-state index in [4.69, 9.17) is 16.9 Å². The minimum atomic E-state index is -4.24. The Labute approximate surface area is 143 Å². The van der Waals surface area contributed by atoms with Gasteiger partial charge in [0.1, 0.15) is 6.07 Å². The Balaban J connectivity index is 2.01. The third kappa shape index (κ3) is 4.40. The van der Waals surface area contributed by atoms with Crippen molar-refractivity contribution >= 4 is 23.2 Å². The largest absolute Gasteiger partial charge is 0.393 e. The Kier molecular flexibility index (Phi) is 5.73. The van der Waals surface area contributed by atoms with Crippen LogP contribution in [0.15, 0.2) is 18.2 Å². The monoisotopic (exact) mass is 359 g/mol. The highest BCUT2D eigenvalue weighted by Gasteiger charge is 2.43.